The summed E-state index contributed by atoms with van der Waals surface area (Å²) in [7, 11) is 0. The van der Waals surface area contributed by atoms with Crippen molar-refractivity contribution in [3.05, 3.63) is 29.3 Å². The van der Waals surface area contributed by atoms with Crippen molar-refractivity contribution in [2.75, 3.05) is 13.2 Å². The van der Waals surface area contributed by atoms with Gasteiger partial charge >= 0.3 is 0 Å². The van der Waals surface area contributed by atoms with Crippen LogP contribution in [0.25, 0.3) is 0 Å². The van der Waals surface area contributed by atoms with E-state index in [4.69, 9.17) is 9.84 Å². The highest BCUT2D eigenvalue weighted by atomic mass is 16.5. The Morgan fingerprint density at radius 1 is 1.46 bits per heavy atom. The second-order valence-corrected chi connectivity index (χ2v) is 3.12. The highest BCUT2D eigenvalue weighted by Crippen LogP contribution is 2.31. The minimum absolute atomic E-state index is 0.240. The molecular weight excluding hydrogens is 168 g/mol. The van der Waals surface area contributed by atoms with E-state index in [9.17, 15) is 5.11 Å². The van der Waals surface area contributed by atoms with Gasteiger partial charge in [0.1, 0.15) is 11.9 Å². The number of hydrogen-bond acceptors (Lipinski definition) is 3. The molecule has 1 aromatic carbocycles. The monoisotopic (exact) mass is 180 g/mol. The van der Waals surface area contributed by atoms with Gasteiger partial charge in [-0.05, 0) is 11.6 Å². The lowest BCUT2D eigenvalue weighted by molar-refractivity contribution is 0.0950. The number of rotatable bonds is 2. The third-order valence-electron chi connectivity index (χ3n) is 2.31. The van der Waals surface area contributed by atoms with Crippen LogP contribution in [0.5, 0.6) is 5.75 Å². The summed E-state index contributed by atoms with van der Waals surface area (Å²) >= 11 is 0. The predicted octanol–water partition coefficient (Wildman–Crippen LogP) is 0.647. The summed E-state index contributed by atoms with van der Waals surface area (Å²) in [5.41, 5.74) is 1.82. The molecule has 1 heterocycles. The fraction of sp³-hybridized carbons (Fsp3) is 0.400. The SMILES string of the molecule is OCC(O)c1cccc2c1CCO2. The molecule has 1 atom stereocenters. The standard InChI is InChI=1S/C10H12O3/c11-6-9(12)7-2-1-3-10-8(7)4-5-13-10/h1-3,9,11-12H,4-6H2. The van der Waals surface area contributed by atoms with Gasteiger partial charge < -0.3 is 14.9 Å². The van der Waals surface area contributed by atoms with Crippen LogP contribution in [0.2, 0.25) is 0 Å². The van der Waals surface area contributed by atoms with Crippen LogP contribution in [0.4, 0.5) is 0 Å². The molecule has 1 aliphatic rings. The summed E-state index contributed by atoms with van der Waals surface area (Å²) in [6, 6.07) is 5.54. The zero-order valence-electron chi connectivity index (χ0n) is 7.23. The van der Waals surface area contributed by atoms with E-state index in [1.807, 2.05) is 18.2 Å². The maximum absolute atomic E-state index is 9.49. The fourth-order valence-corrected chi connectivity index (χ4v) is 1.66. The first-order valence-corrected chi connectivity index (χ1v) is 4.36. The molecule has 1 unspecified atom stereocenters. The Labute approximate surface area is 76.6 Å². The molecule has 0 fully saturated rings. The maximum atomic E-state index is 9.49. The first-order valence-electron chi connectivity index (χ1n) is 4.36. The summed E-state index contributed by atoms with van der Waals surface area (Å²) in [4.78, 5) is 0. The van der Waals surface area contributed by atoms with Gasteiger partial charge in [0, 0.05) is 12.0 Å². The van der Waals surface area contributed by atoms with E-state index in [1.54, 1.807) is 0 Å². The van der Waals surface area contributed by atoms with Gasteiger partial charge in [-0.25, -0.2) is 0 Å². The molecule has 0 amide bonds. The molecule has 2 N–H and O–H groups in total. The van der Waals surface area contributed by atoms with Crippen molar-refractivity contribution in [2.45, 2.75) is 12.5 Å². The number of ether oxygens (including phenoxy) is 1. The normalized spacial score (nSPS) is 16.5. The van der Waals surface area contributed by atoms with Gasteiger partial charge in [0.2, 0.25) is 0 Å². The number of aliphatic hydroxyl groups excluding tert-OH is 2. The molecule has 0 aliphatic carbocycles. The van der Waals surface area contributed by atoms with Crippen LogP contribution >= 0.6 is 0 Å². The van der Waals surface area contributed by atoms with Crippen LogP contribution in [-0.2, 0) is 6.42 Å². The van der Waals surface area contributed by atoms with Crippen molar-refractivity contribution >= 4 is 0 Å². The molecule has 0 aromatic heterocycles. The number of fused-ring (bicyclic) bond motifs is 1. The molecule has 3 nitrogen and oxygen atoms in total. The van der Waals surface area contributed by atoms with Crippen molar-refractivity contribution in [1.29, 1.82) is 0 Å². The summed E-state index contributed by atoms with van der Waals surface area (Å²) in [5, 5.41) is 18.3. The van der Waals surface area contributed by atoms with E-state index in [0.29, 0.717) is 6.61 Å². The van der Waals surface area contributed by atoms with E-state index >= 15 is 0 Å². The first-order chi connectivity index (χ1) is 6.33. The van der Waals surface area contributed by atoms with Gasteiger partial charge in [0.25, 0.3) is 0 Å². The summed E-state index contributed by atoms with van der Waals surface area (Å²) in [6.07, 6.45) is 0.0411. The minimum Gasteiger partial charge on any atom is -0.493 e. The Morgan fingerprint density at radius 2 is 2.31 bits per heavy atom. The van der Waals surface area contributed by atoms with E-state index in [2.05, 4.69) is 0 Å². The Balaban J connectivity index is 2.41. The van der Waals surface area contributed by atoms with Crippen molar-refractivity contribution in [2.24, 2.45) is 0 Å². The smallest absolute Gasteiger partial charge is 0.122 e. The third-order valence-corrected chi connectivity index (χ3v) is 2.31. The van der Waals surface area contributed by atoms with E-state index < -0.39 is 6.10 Å². The summed E-state index contributed by atoms with van der Waals surface area (Å²) in [6.45, 7) is 0.431. The first kappa shape index (κ1) is 8.53. The maximum Gasteiger partial charge on any atom is 0.122 e. The van der Waals surface area contributed by atoms with Gasteiger partial charge in [0.15, 0.2) is 0 Å². The van der Waals surface area contributed by atoms with Crippen LogP contribution in [0.15, 0.2) is 18.2 Å². The quantitative estimate of drug-likeness (QED) is 0.702. The molecule has 0 spiro atoms. The van der Waals surface area contributed by atoms with E-state index in [-0.39, 0.29) is 6.61 Å². The Hall–Kier alpha value is -1.06. The molecule has 1 aliphatic heterocycles. The van der Waals surface area contributed by atoms with Gasteiger partial charge in [-0.2, -0.15) is 0 Å². The average molecular weight is 180 g/mol. The Bertz CT molecular complexity index is 309. The lowest BCUT2D eigenvalue weighted by Crippen LogP contribution is -2.04. The molecule has 70 valence electrons. The van der Waals surface area contributed by atoms with E-state index in [0.717, 1.165) is 23.3 Å². The van der Waals surface area contributed by atoms with Crippen molar-refractivity contribution in [3.63, 3.8) is 0 Å². The van der Waals surface area contributed by atoms with Crippen LogP contribution < -0.4 is 4.74 Å². The highest BCUT2D eigenvalue weighted by molar-refractivity contribution is 5.43. The summed E-state index contributed by atoms with van der Waals surface area (Å²) in [5.74, 6) is 0.838. The zero-order valence-corrected chi connectivity index (χ0v) is 7.23. The highest BCUT2D eigenvalue weighted by Gasteiger charge is 2.19. The summed E-state index contributed by atoms with van der Waals surface area (Å²) < 4.78 is 5.34. The van der Waals surface area contributed by atoms with Crippen molar-refractivity contribution in [3.8, 4) is 5.75 Å². The molecule has 2 rings (SSSR count). The van der Waals surface area contributed by atoms with Crippen LogP contribution in [-0.4, -0.2) is 23.4 Å². The second kappa shape index (κ2) is 3.36. The predicted molar refractivity (Wildman–Crippen MR) is 47.7 cm³/mol. The largest absolute Gasteiger partial charge is 0.493 e. The van der Waals surface area contributed by atoms with Crippen LogP contribution in [0, 0.1) is 0 Å². The van der Waals surface area contributed by atoms with Crippen LogP contribution in [0.3, 0.4) is 0 Å². The van der Waals surface area contributed by atoms with Gasteiger partial charge in [-0.3, -0.25) is 0 Å². The fourth-order valence-electron chi connectivity index (χ4n) is 1.66. The molecule has 0 bridgehead atoms. The van der Waals surface area contributed by atoms with Gasteiger partial charge in [0.05, 0.1) is 13.2 Å². The Morgan fingerprint density at radius 3 is 3.08 bits per heavy atom. The van der Waals surface area contributed by atoms with Gasteiger partial charge in [-0.15, -0.1) is 0 Å². The number of benzene rings is 1. The average Bonchev–Trinajstić information content (AvgIpc) is 2.63. The number of hydrogen-bond donors (Lipinski definition) is 2. The van der Waals surface area contributed by atoms with Crippen molar-refractivity contribution in [1.82, 2.24) is 0 Å². The molecule has 1 aromatic rings. The molecule has 0 saturated carbocycles. The third kappa shape index (κ3) is 1.41. The second-order valence-electron chi connectivity index (χ2n) is 3.12. The molecule has 0 radical (unpaired) electrons. The molecule has 0 saturated heterocycles. The van der Waals surface area contributed by atoms with Crippen LogP contribution in [0.1, 0.15) is 17.2 Å². The molecule has 13 heavy (non-hydrogen) atoms. The lowest BCUT2D eigenvalue weighted by Gasteiger charge is -2.10. The van der Waals surface area contributed by atoms with Gasteiger partial charge in [-0.1, -0.05) is 12.1 Å². The minimum atomic E-state index is -0.781. The molecular formula is C10H12O3. The van der Waals surface area contributed by atoms with Crippen molar-refractivity contribution < 1.29 is 14.9 Å². The Kier molecular flexibility index (Phi) is 2.20. The number of aliphatic hydroxyl groups is 2. The zero-order chi connectivity index (χ0) is 9.26. The molecule has 3 heteroatoms. The van der Waals surface area contributed by atoms with E-state index in [1.165, 1.54) is 0 Å². The lowest BCUT2D eigenvalue weighted by atomic mass is 10.0. The topological polar surface area (TPSA) is 49.7 Å².